The monoisotopic (exact) mass is 508 g/mol. The van der Waals surface area contributed by atoms with E-state index in [1.807, 2.05) is 0 Å². The van der Waals surface area contributed by atoms with Gasteiger partial charge in [0.15, 0.2) is 6.29 Å². The van der Waals surface area contributed by atoms with Gasteiger partial charge in [-0.25, -0.2) is 0 Å². The Hall–Kier alpha value is -0.730. The van der Waals surface area contributed by atoms with Crippen LogP contribution in [-0.2, 0) is 19.0 Å². The Bertz CT molecular complexity index is 602. The number of ether oxygens (including phenoxy) is 3. The molecule has 0 aromatic heterocycles. The minimum Gasteiger partial charge on any atom is -0.394 e. The third-order valence-corrected chi connectivity index (χ3v) is 6.84. The van der Waals surface area contributed by atoms with Gasteiger partial charge in [0.25, 0.3) is 0 Å². The molecule has 2 rings (SSSR count). The lowest BCUT2D eigenvalue weighted by molar-refractivity contribution is -0.341. The Morgan fingerprint density at radius 3 is 1.86 bits per heavy atom. The van der Waals surface area contributed by atoms with Crippen molar-refractivity contribution in [2.45, 2.75) is 132 Å². The summed E-state index contributed by atoms with van der Waals surface area (Å²) in [7, 11) is 0. The maximum atomic E-state index is 12.4. The summed E-state index contributed by atoms with van der Waals surface area (Å²) in [6.45, 7) is 0.895. The van der Waals surface area contributed by atoms with Gasteiger partial charge in [0, 0.05) is 12.8 Å². The van der Waals surface area contributed by atoms with E-state index in [2.05, 4.69) is 6.92 Å². The molecule has 35 heavy (non-hydrogen) atoms. The summed E-state index contributed by atoms with van der Waals surface area (Å²) >= 11 is 0. The zero-order valence-corrected chi connectivity index (χ0v) is 20.5. The van der Waals surface area contributed by atoms with E-state index in [1.165, 1.54) is 25.7 Å². The quantitative estimate of drug-likeness (QED) is 0.137. The van der Waals surface area contributed by atoms with Crippen molar-refractivity contribution in [1.82, 2.24) is 0 Å². The van der Waals surface area contributed by atoms with Crippen molar-refractivity contribution in [3.05, 3.63) is 0 Å². The average Bonchev–Trinajstić information content (AvgIpc) is 2.85. The van der Waals surface area contributed by atoms with Crippen LogP contribution in [0.25, 0.3) is 0 Å². The maximum Gasteiger partial charge on any atom is 0.187 e. The van der Waals surface area contributed by atoms with Gasteiger partial charge in [-0.3, -0.25) is 4.79 Å². The van der Waals surface area contributed by atoms with E-state index in [9.17, 15) is 40.5 Å². The normalized spacial score (nSPS) is 37.9. The first-order chi connectivity index (χ1) is 16.7. The third kappa shape index (κ3) is 8.67. The molecular weight excluding hydrogens is 464 g/mol. The number of hydrogen-bond donors (Lipinski definition) is 7. The van der Waals surface area contributed by atoms with E-state index >= 15 is 0 Å². The molecule has 10 atom stereocenters. The molecule has 0 spiro atoms. The smallest absolute Gasteiger partial charge is 0.187 e. The molecule has 2 aliphatic heterocycles. The Morgan fingerprint density at radius 2 is 1.26 bits per heavy atom. The fourth-order valence-electron chi connectivity index (χ4n) is 4.62. The van der Waals surface area contributed by atoms with Crippen LogP contribution in [-0.4, -0.2) is 116 Å². The number of hydrogen-bond acceptors (Lipinski definition) is 11. The van der Waals surface area contributed by atoms with Gasteiger partial charge < -0.3 is 50.0 Å². The number of carbonyl (C=O) groups is 1. The van der Waals surface area contributed by atoms with Crippen molar-refractivity contribution < 1.29 is 54.8 Å². The molecule has 2 aliphatic rings. The predicted octanol–water partition coefficient (Wildman–Crippen LogP) is -0.857. The number of unbranched alkanes of at least 4 members (excludes halogenated alkanes) is 7. The Balaban J connectivity index is 1.84. The average molecular weight is 509 g/mol. The van der Waals surface area contributed by atoms with E-state index in [-0.39, 0.29) is 12.2 Å². The summed E-state index contributed by atoms with van der Waals surface area (Å²) in [5.41, 5.74) is 0. The fourth-order valence-corrected chi connectivity index (χ4v) is 4.62. The van der Waals surface area contributed by atoms with E-state index in [0.717, 1.165) is 25.7 Å². The second-order valence-corrected chi connectivity index (χ2v) is 9.64. The minimum absolute atomic E-state index is 0.114. The van der Waals surface area contributed by atoms with Crippen LogP contribution >= 0.6 is 0 Å². The van der Waals surface area contributed by atoms with Crippen LogP contribution in [0.15, 0.2) is 0 Å². The molecule has 0 unspecified atom stereocenters. The van der Waals surface area contributed by atoms with Gasteiger partial charge >= 0.3 is 0 Å². The van der Waals surface area contributed by atoms with Crippen molar-refractivity contribution in [1.29, 1.82) is 0 Å². The molecule has 11 nitrogen and oxygen atoms in total. The summed E-state index contributed by atoms with van der Waals surface area (Å²) in [6, 6.07) is 0. The van der Waals surface area contributed by atoms with Gasteiger partial charge in [0.1, 0.15) is 54.6 Å². The summed E-state index contributed by atoms with van der Waals surface area (Å²) in [4.78, 5) is 12.4. The van der Waals surface area contributed by atoms with Crippen molar-refractivity contribution in [3.8, 4) is 0 Å². The first kappa shape index (κ1) is 30.5. The van der Waals surface area contributed by atoms with E-state index in [4.69, 9.17) is 14.2 Å². The van der Waals surface area contributed by atoms with Gasteiger partial charge in [-0.1, -0.05) is 51.9 Å². The van der Waals surface area contributed by atoms with Crippen LogP contribution in [0.3, 0.4) is 0 Å². The van der Waals surface area contributed by atoms with Crippen molar-refractivity contribution >= 4 is 5.78 Å². The number of aliphatic hydroxyl groups excluding tert-OH is 7. The van der Waals surface area contributed by atoms with Gasteiger partial charge in [-0.05, 0) is 6.42 Å². The molecule has 0 aromatic rings. The largest absolute Gasteiger partial charge is 0.394 e. The highest BCUT2D eigenvalue weighted by atomic mass is 16.7. The third-order valence-electron chi connectivity index (χ3n) is 6.84. The number of carbonyl (C=O) groups excluding carboxylic acids is 1. The zero-order valence-electron chi connectivity index (χ0n) is 20.5. The Labute approximate surface area is 206 Å². The van der Waals surface area contributed by atoms with Crippen LogP contribution in [0.5, 0.6) is 0 Å². The number of aliphatic hydroxyl groups is 7. The maximum absolute atomic E-state index is 12.4. The number of ketones is 1. The summed E-state index contributed by atoms with van der Waals surface area (Å²) < 4.78 is 16.5. The van der Waals surface area contributed by atoms with Gasteiger partial charge in [0.2, 0.25) is 0 Å². The lowest BCUT2D eigenvalue weighted by Crippen LogP contribution is -2.64. The first-order valence-corrected chi connectivity index (χ1v) is 12.8. The number of rotatable bonds is 15. The molecule has 11 heteroatoms. The summed E-state index contributed by atoms with van der Waals surface area (Å²) in [5, 5.41) is 70.3. The lowest BCUT2D eigenvalue weighted by Gasteiger charge is -2.46. The molecule has 0 saturated carbocycles. The second kappa shape index (κ2) is 15.5. The molecule has 0 aliphatic carbocycles. The molecule has 2 saturated heterocycles. The van der Waals surface area contributed by atoms with Crippen LogP contribution < -0.4 is 0 Å². The first-order valence-electron chi connectivity index (χ1n) is 12.8. The molecule has 206 valence electrons. The molecule has 2 fully saturated rings. The van der Waals surface area contributed by atoms with Crippen molar-refractivity contribution in [2.24, 2.45) is 0 Å². The van der Waals surface area contributed by atoms with Crippen LogP contribution in [0.1, 0.15) is 71.1 Å². The molecule has 0 bridgehead atoms. The Kier molecular flexibility index (Phi) is 13.5. The topological polar surface area (TPSA) is 186 Å². The Morgan fingerprint density at radius 1 is 0.686 bits per heavy atom. The van der Waals surface area contributed by atoms with Crippen LogP contribution in [0.2, 0.25) is 0 Å². The van der Waals surface area contributed by atoms with Crippen molar-refractivity contribution in [2.75, 3.05) is 13.2 Å². The molecule has 0 radical (unpaired) electrons. The van der Waals surface area contributed by atoms with Crippen molar-refractivity contribution in [3.63, 3.8) is 0 Å². The van der Waals surface area contributed by atoms with E-state index < -0.39 is 74.4 Å². The second-order valence-electron chi connectivity index (χ2n) is 9.64. The van der Waals surface area contributed by atoms with Crippen LogP contribution in [0.4, 0.5) is 0 Å². The molecular formula is C24H44O11. The molecule has 7 N–H and O–H groups in total. The highest BCUT2D eigenvalue weighted by Crippen LogP contribution is 2.30. The lowest BCUT2D eigenvalue weighted by atomic mass is 9.91. The predicted molar refractivity (Wildman–Crippen MR) is 123 cm³/mol. The van der Waals surface area contributed by atoms with E-state index in [1.54, 1.807) is 0 Å². The van der Waals surface area contributed by atoms with Gasteiger partial charge in [0.05, 0.1) is 19.3 Å². The molecule has 0 aromatic carbocycles. The highest BCUT2D eigenvalue weighted by molar-refractivity contribution is 5.78. The van der Waals surface area contributed by atoms with Gasteiger partial charge in [-0.15, -0.1) is 0 Å². The SMILES string of the molecule is CCCCCCCCCCC(=O)C[C@@H]1O[C@H](CO)[C@@H](O[C@@H]2O[C@H](CO)[C@@H](O)[C@H](O)[C@H]2O)[C@H](O)[C@H]1O. The highest BCUT2D eigenvalue weighted by Gasteiger charge is 2.50. The zero-order chi connectivity index (χ0) is 26.0. The van der Waals surface area contributed by atoms with Crippen LogP contribution in [0, 0.1) is 0 Å². The molecule has 2 heterocycles. The summed E-state index contributed by atoms with van der Waals surface area (Å²) in [5.74, 6) is -0.114. The summed E-state index contributed by atoms with van der Waals surface area (Å²) in [6.07, 6.45) is -5.43. The standard InChI is InChI=1S/C24H44O11/c1-2-3-4-5-6-7-8-9-10-14(27)11-15-18(28)21(31)23(17(13-26)33-15)35-24-22(32)20(30)19(29)16(12-25)34-24/h15-26,28-32H,2-13H2,1H3/t15-,16+,17+,18-,19+,20-,21+,22+,23+,24-/m0/s1. The van der Waals surface area contributed by atoms with E-state index in [0.29, 0.717) is 6.42 Å². The fraction of sp³-hybridized carbons (Fsp3) is 0.958. The van der Waals surface area contributed by atoms with Gasteiger partial charge in [-0.2, -0.15) is 0 Å². The number of Topliss-reactive ketones (excluding diaryl/α,β-unsaturated/α-hetero) is 1. The minimum atomic E-state index is -1.72. The molecule has 0 amide bonds.